The van der Waals surface area contributed by atoms with Crippen LogP contribution < -0.4 is 0 Å². The fourth-order valence-corrected chi connectivity index (χ4v) is 0.500. The maximum Gasteiger partial charge on any atom is -0.0536 e. The van der Waals surface area contributed by atoms with E-state index in [2.05, 4.69) is 27.7 Å². The van der Waals surface area contributed by atoms with E-state index < -0.39 is 0 Å². The van der Waals surface area contributed by atoms with Gasteiger partial charge >= 0.3 is 0 Å². The lowest BCUT2D eigenvalue weighted by Crippen LogP contribution is -1.66. The van der Waals surface area contributed by atoms with Crippen LogP contribution in [0, 0.1) is 0 Å². The van der Waals surface area contributed by atoms with Crippen LogP contribution in [0.15, 0.2) is 0 Å². The van der Waals surface area contributed by atoms with Gasteiger partial charge < -0.3 is 0 Å². The van der Waals surface area contributed by atoms with Gasteiger partial charge in [0.15, 0.2) is 0 Å². The first kappa shape index (κ1) is 12.7. The highest BCUT2D eigenvalue weighted by atomic mass is 13.8. The predicted octanol–water partition coefficient (Wildman–Crippen LogP) is 4.39. The summed E-state index contributed by atoms with van der Waals surface area (Å²) in [5.41, 5.74) is 0. The van der Waals surface area contributed by atoms with Crippen molar-refractivity contribution >= 4 is 0 Å². The van der Waals surface area contributed by atoms with Crippen LogP contribution in [0.25, 0.3) is 0 Å². The van der Waals surface area contributed by atoms with E-state index in [1.165, 1.54) is 38.5 Å². The molecule has 0 N–H and O–H groups in total. The summed E-state index contributed by atoms with van der Waals surface area (Å²) in [7, 11) is 0. The summed E-state index contributed by atoms with van der Waals surface area (Å²) in [5, 5.41) is 0. The summed E-state index contributed by atoms with van der Waals surface area (Å²) in [6.07, 6.45) is 8.18. The molecule has 0 spiro atoms. The van der Waals surface area contributed by atoms with E-state index in [1.807, 2.05) is 0 Å². The minimum Gasteiger partial charge on any atom is -0.0654 e. The Labute approximate surface area is 67.0 Å². The third-order valence-electron chi connectivity index (χ3n) is 1.46. The van der Waals surface area contributed by atoms with Crippen LogP contribution in [0.2, 0.25) is 0 Å². The molecule has 0 amide bonds. The highest BCUT2D eigenvalue weighted by Crippen LogP contribution is 1.95. The lowest BCUT2D eigenvalue weighted by molar-refractivity contribution is 0.702. The van der Waals surface area contributed by atoms with E-state index >= 15 is 0 Å². The summed E-state index contributed by atoms with van der Waals surface area (Å²) >= 11 is 0. The highest BCUT2D eigenvalue weighted by molar-refractivity contribution is 4.31. The summed E-state index contributed by atoms with van der Waals surface area (Å²) in [5.74, 6) is 0. The molecule has 10 heavy (non-hydrogen) atoms. The Morgan fingerprint density at radius 1 is 0.500 bits per heavy atom. The molecule has 0 aliphatic heterocycles. The topological polar surface area (TPSA) is 0 Å². The minimum atomic E-state index is 1.32. The second-order valence-electron chi connectivity index (χ2n) is 2.71. The molecule has 0 nitrogen and oxygen atoms in total. The Kier molecular flexibility index (Phi) is 20.2. The maximum atomic E-state index is 2.23. The second-order valence-corrected chi connectivity index (χ2v) is 2.71. The molecule has 0 unspecified atom stereocenters. The van der Waals surface area contributed by atoms with Crippen molar-refractivity contribution < 1.29 is 0 Å². The normalized spacial score (nSPS) is 8.40. The van der Waals surface area contributed by atoms with Crippen molar-refractivity contribution in [3.05, 3.63) is 0 Å². The van der Waals surface area contributed by atoms with E-state index in [4.69, 9.17) is 0 Å². The van der Waals surface area contributed by atoms with Crippen LogP contribution >= 0.6 is 0 Å². The Bertz CT molecular complexity index is 25.0. The maximum absolute atomic E-state index is 2.23. The van der Waals surface area contributed by atoms with Crippen LogP contribution in [0.4, 0.5) is 0 Å². The van der Waals surface area contributed by atoms with Crippen molar-refractivity contribution in [1.29, 1.82) is 0 Å². The highest BCUT2D eigenvalue weighted by Gasteiger charge is 1.75. The molecular weight excluding hydrogens is 120 g/mol. The summed E-state index contributed by atoms with van der Waals surface area (Å²) in [6.45, 7) is 8.82. The molecule has 0 aromatic heterocycles. The van der Waals surface area contributed by atoms with E-state index in [-0.39, 0.29) is 0 Å². The van der Waals surface area contributed by atoms with E-state index in [0.717, 1.165) is 0 Å². The van der Waals surface area contributed by atoms with Crippen molar-refractivity contribution in [2.75, 3.05) is 0 Å². The van der Waals surface area contributed by atoms with Gasteiger partial charge in [-0.15, -0.1) is 0 Å². The Hall–Kier alpha value is 0. The SMILES string of the molecule is CCCC.CCCCCC. The van der Waals surface area contributed by atoms with Crippen molar-refractivity contribution in [2.45, 2.75) is 66.2 Å². The van der Waals surface area contributed by atoms with Crippen LogP contribution in [0.1, 0.15) is 66.2 Å². The second kappa shape index (κ2) is 16.0. The number of hydrogen-bond donors (Lipinski definition) is 0. The molecular formula is C10H24. The Morgan fingerprint density at radius 3 is 0.900 bits per heavy atom. The van der Waals surface area contributed by atoms with Gasteiger partial charge in [0.05, 0.1) is 0 Å². The van der Waals surface area contributed by atoms with Gasteiger partial charge in [-0.05, 0) is 0 Å². The van der Waals surface area contributed by atoms with Crippen molar-refractivity contribution in [2.24, 2.45) is 0 Å². The van der Waals surface area contributed by atoms with Gasteiger partial charge in [0.1, 0.15) is 0 Å². The van der Waals surface area contributed by atoms with Crippen LogP contribution in [-0.4, -0.2) is 0 Å². The molecule has 0 atom stereocenters. The van der Waals surface area contributed by atoms with Crippen LogP contribution in [0.5, 0.6) is 0 Å². The molecule has 0 bridgehead atoms. The van der Waals surface area contributed by atoms with E-state index in [9.17, 15) is 0 Å². The van der Waals surface area contributed by atoms with Crippen molar-refractivity contribution in [3.8, 4) is 0 Å². The molecule has 0 aromatic rings. The Balaban J connectivity index is 0. The third kappa shape index (κ3) is 24.5. The number of rotatable bonds is 4. The van der Waals surface area contributed by atoms with Crippen molar-refractivity contribution in [1.82, 2.24) is 0 Å². The Morgan fingerprint density at radius 2 is 0.800 bits per heavy atom. The summed E-state index contributed by atoms with van der Waals surface area (Å²) in [6, 6.07) is 0. The molecule has 0 saturated heterocycles. The molecule has 0 aliphatic carbocycles. The molecule has 0 heterocycles. The molecule has 0 aliphatic rings. The molecule has 0 radical (unpaired) electrons. The molecule has 0 saturated carbocycles. The lowest BCUT2D eigenvalue weighted by atomic mass is 10.2. The first-order chi connectivity index (χ1) is 4.83. The summed E-state index contributed by atoms with van der Waals surface area (Å²) in [4.78, 5) is 0. The zero-order chi connectivity index (χ0) is 8.24. The van der Waals surface area contributed by atoms with Gasteiger partial charge in [-0.25, -0.2) is 0 Å². The van der Waals surface area contributed by atoms with E-state index in [0.29, 0.717) is 0 Å². The zero-order valence-electron chi connectivity index (χ0n) is 8.24. The molecule has 0 fully saturated rings. The average Bonchev–Trinajstić information content (AvgIpc) is 2.01. The van der Waals surface area contributed by atoms with Gasteiger partial charge in [-0.3, -0.25) is 0 Å². The zero-order valence-corrected chi connectivity index (χ0v) is 8.24. The van der Waals surface area contributed by atoms with Gasteiger partial charge in [-0.1, -0.05) is 66.2 Å². The van der Waals surface area contributed by atoms with Crippen LogP contribution in [-0.2, 0) is 0 Å². The average molecular weight is 144 g/mol. The van der Waals surface area contributed by atoms with Gasteiger partial charge in [0, 0.05) is 0 Å². The molecule has 0 heteroatoms. The van der Waals surface area contributed by atoms with Gasteiger partial charge in [0.2, 0.25) is 0 Å². The van der Waals surface area contributed by atoms with E-state index in [1.54, 1.807) is 0 Å². The fraction of sp³-hybridized carbons (Fsp3) is 1.00. The smallest absolute Gasteiger partial charge is 0.0536 e. The monoisotopic (exact) mass is 144 g/mol. The minimum absolute atomic E-state index is 1.32. The quantitative estimate of drug-likeness (QED) is 0.513. The predicted molar refractivity (Wildman–Crippen MR) is 50.4 cm³/mol. The van der Waals surface area contributed by atoms with Gasteiger partial charge in [-0.2, -0.15) is 0 Å². The number of hydrogen-bond acceptors (Lipinski definition) is 0. The molecule has 0 rings (SSSR count). The summed E-state index contributed by atoms with van der Waals surface area (Å²) < 4.78 is 0. The molecule has 64 valence electrons. The molecule has 0 aromatic carbocycles. The lowest BCUT2D eigenvalue weighted by Gasteiger charge is -1.86. The first-order valence-electron chi connectivity index (χ1n) is 4.83. The fourth-order valence-electron chi connectivity index (χ4n) is 0.500. The first-order valence-corrected chi connectivity index (χ1v) is 4.83. The van der Waals surface area contributed by atoms with Crippen LogP contribution in [0.3, 0.4) is 0 Å². The van der Waals surface area contributed by atoms with Gasteiger partial charge in [0.25, 0.3) is 0 Å². The van der Waals surface area contributed by atoms with Crippen molar-refractivity contribution in [3.63, 3.8) is 0 Å². The largest absolute Gasteiger partial charge is 0.0654 e. The number of unbranched alkanes of at least 4 members (excludes halogenated alkanes) is 4. The standard InChI is InChI=1S/C6H14.C4H10/c1-3-5-6-4-2;1-3-4-2/h3-6H2,1-2H3;3-4H2,1-2H3. The third-order valence-corrected chi connectivity index (χ3v) is 1.46.